The fourth-order valence-corrected chi connectivity index (χ4v) is 3.25. The van der Waals surface area contributed by atoms with Crippen LogP contribution < -0.4 is 4.74 Å². The summed E-state index contributed by atoms with van der Waals surface area (Å²) < 4.78 is 49.5. The summed E-state index contributed by atoms with van der Waals surface area (Å²) in [4.78, 5) is 2.09. The first-order valence-electron chi connectivity index (χ1n) is 9.26. The molecule has 2 atom stereocenters. The van der Waals surface area contributed by atoms with Crippen molar-refractivity contribution in [3.63, 3.8) is 0 Å². The van der Waals surface area contributed by atoms with E-state index in [2.05, 4.69) is 4.90 Å². The van der Waals surface area contributed by atoms with Gasteiger partial charge in [-0.3, -0.25) is 4.90 Å². The first kappa shape index (κ1) is 20.6. The molecule has 1 saturated heterocycles. The van der Waals surface area contributed by atoms with Gasteiger partial charge in [0.2, 0.25) is 0 Å². The Hall–Kier alpha value is -2.09. The maximum absolute atomic E-state index is 12.8. The van der Waals surface area contributed by atoms with Crippen LogP contribution in [0.2, 0.25) is 0 Å². The highest BCUT2D eigenvalue weighted by Gasteiger charge is 2.30. The van der Waals surface area contributed by atoms with Crippen LogP contribution in [0.1, 0.15) is 11.1 Å². The molecule has 0 aliphatic carbocycles. The number of β-amino-alcohol motifs (C(OH)–C–C–N with tert-alkyl or cyclic N) is 1. The van der Waals surface area contributed by atoms with Crippen molar-refractivity contribution in [1.29, 1.82) is 0 Å². The zero-order valence-corrected chi connectivity index (χ0v) is 15.4. The number of halogens is 3. The lowest BCUT2D eigenvalue weighted by molar-refractivity contribution is -0.137. The molecule has 0 saturated carbocycles. The van der Waals surface area contributed by atoms with Crippen molar-refractivity contribution in [3.8, 4) is 5.75 Å². The van der Waals surface area contributed by atoms with Gasteiger partial charge in [0.05, 0.1) is 18.3 Å². The van der Waals surface area contributed by atoms with E-state index in [9.17, 15) is 18.3 Å². The van der Waals surface area contributed by atoms with E-state index in [1.807, 2.05) is 30.3 Å². The van der Waals surface area contributed by atoms with Gasteiger partial charge in [0.1, 0.15) is 18.5 Å². The second kappa shape index (κ2) is 9.41. The third-order valence-corrected chi connectivity index (χ3v) is 4.60. The van der Waals surface area contributed by atoms with Crippen LogP contribution in [-0.4, -0.2) is 55.1 Å². The summed E-state index contributed by atoms with van der Waals surface area (Å²) in [5, 5.41) is 10.3. The molecule has 0 aromatic heterocycles. The highest BCUT2D eigenvalue weighted by Crippen LogP contribution is 2.31. The van der Waals surface area contributed by atoms with Crippen molar-refractivity contribution >= 4 is 0 Å². The smallest absolute Gasteiger partial charge is 0.416 e. The first-order valence-corrected chi connectivity index (χ1v) is 9.26. The van der Waals surface area contributed by atoms with Gasteiger partial charge in [0.15, 0.2) is 0 Å². The summed E-state index contributed by atoms with van der Waals surface area (Å²) in [6.45, 7) is 2.43. The minimum atomic E-state index is -4.40. The largest absolute Gasteiger partial charge is 0.491 e. The maximum atomic E-state index is 12.8. The van der Waals surface area contributed by atoms with Crippen LogP contribution in [0.5, 0.6) is 5.75 Å². The molecular formula is C21H24F3NO3. The quantitative estimate of drug-likeness (QED) is 0.781. The van der Waals surface area contributed by atoms with Gasteiger partial charge >= 0.3 is 6.18 Å². The van der Waals surface area contributed by atoms with E-state index in [-0.39, 0.29) is 18.5 Å². The Balaban J connectivity index is 1.47. The van der Waals surface area contributed by atoms with E-state index >= 15 is 0 Å². The third-order valence-electron chi connectivity index (χ3n) is 4.60. The van der Waals surface area contributed by atoms with E-state index in [4.69, 9.17) is 9.47 Å². The van der Waals surface area contributed by atoms with Gasteiger partial charge in [-0.2, -0.15) is 13.2 Å². The zero-order chi connectivity index (χ0) is 20.0. The molecule has 7 heteroatoms. The summed E-state index contributed by atoms with van der Waals surface area (Å²) in [6, 6.07) is 14.6. The molecule has 2 aromatic carbocycles. The lowest BCUT2D eigenvalue weighted by Crippen LogP contribution is -2.47. The average molecular weight is 395 g/mol. The van der Waals surface area contributed by atoms with Crippen molar-refractivity contribution in [2.75, 3.05) is 32.8 Å². The molecule has 1 aliphatic rings. The molecule has 152 valence electrons. The standard InChI is InChI=1S/C21H24F3NO3/c22-21(23,24)17-7-4-8-19(12-17)28-15-20-14-25(9-10-27-20)13-18(26)11-16-5-2-1-3-6-16/h1-8,12,18,20,26H,9-11,13-15H2/t18-,20+/m0/s1. The fraction of sp³-hybridized carbons (Fsp3) is 0.429. The van der Waals surface area contributed by atoms with E-state index in [1.165, 1.54) is 12.1 Å². The molecule has 0 amide bonds. The highest BCUT2D eigenvalue weighted by atomic mass is 19.4. The van der Waals surface area contributed by atoms with Gasteiger partial charge < -0.3 is 14.6 Å². The van der Waals surface area contributed by atoms with Crippen molar-refractivity contribution in [2.45, 2.75) is 24.8 Å². The summed E-state index contributed by atoms with van der Waals surface area (Å²) in [6.07, 6.45) is -4.58. The molecule has 0 unspecified atom stereocenters. The number of nitrogens with zero attached hydrogens (tertiary/aromatic N) is 1. The second-order valence-corrected chi connectivity index (χ2v) is 6.93. The minimum absolute atomic E-state index is 0.159. The number of hydrogen-bond donors (Lipinski definition) is 1. The van der Waals surface area contributed by atoms with E-state index in [0.29, 0.717) is 32.7 Å². The Morgan fingerprint density at radius 3 is 2.68 bits per heavy atom. The molecular weight excluding hydrogens is 371 g/mol. The molecule has 0 bridgehead atoms. The average Bonchev–Trinajstić information content (AvgIpc) is 2.67. The number of aliphatic hydroxyl groups excluding tert-OH is 1. The Morgan fingerprint density at radius 2 is 1.93 bits per heavy atom. The SMILES string of the molecule is O[C@@H](Cc1ccccc1)CN1CCO[C@@H](COc2cccc(C(F)(F)F)c2)C1. The Labute approximate surface area is 162 Å². The van der Waals surface area contributed by atoms with Gasteiger partial charge in [0, 0.05) is 19.6 Å². The molecule has 0 radical (unpaired) electrons. The van der Waals surface area contributed by atoms with Gasteiger partial charge in [-0.15, -0.1) is 0 Å². The molecule has 1 aliphatic heterocycles. The summed E-state index contributed by atoms with van der Waals surface area (Å²) >= 11 is 0. The van der Waals surface area contributed by atoms with Gasteiger partial charge in [-0.1, -0.05) is 36.4 Å². The lowest BCUT2D eigenvalue weighted by Gasteiger charge is -2.34. The minimum Gasteiger partial charge on any atom is -0.491 e. The molecule has 1 fully saturated rings. The third kappa shape index (κ3) is 6.22. The van der Waals surface area contributed by atoms with Crippen LogP contribution in [0.4, 0.5) is 13.2 Å². The maximum Gasteiger partial charge on any atom is 0.416 e. The molecule has 1 N–H and O–H groups in total. The van der Waals surface area contributed by atoms with Crippen LogP contribution in [0.25, 0.3) is 0 Å². The number of aliphatic hydroxyl groups is 1. The number of rotatable bonds is 7. The van der Waals surface area contributed by atoms with Gasteiger partial charge in [0.25, 0.3) is 0 Å². The van der Waals surface area contributed by atoms with Crippen LogP contribution in [0.3, 0.4) is 0 Å². The van der Waals surface area contributed by atoms with Crippen LogP contribution in [-0.2, 0) is 17.3 Å². The normalized spacial score (nSPS) is 19.4. The number of morpholine rings is 1. The number of hydrogen-bond acceptors (Lipinski definition) is 4. The van der Waals surface area contributed by atoms with Crippen LogP contribution in [0, 0.1) is 0 Å². The molecule has 0 spiro atoms. The number of alkyl halides is 3. The zero-order valence-electron chi connectivity index (χ0n) is 15.4. The monoisotopic (exact) mass is 395 g/mol. The first-order chi connectivity index (χ1) is 13.4. The molecule has 1 heterocycles. The molecule has 3 rings (SSSR count). The molecule has 4 nitrogen and oxygen atoms in total. The second-order valence-electron chi connectivity index (χ2n) is 6.93. The van der Waals surface area contributed by atoms with Crippen molar-refractivity contribution in [3.05, 3.63) is 65.7 Å². The topological polar surface area (TPSA) is 41.9 Å². The van der Waals surface area contributed by atoms with Crippen LogP contribution in [0.15, 0.2) is 54.6 Å². The number of ether oxygens (including phenoxy) is 2. The Kier molecular flexibility index (Phi) is 6.93. The highest BCUT2D eigenvalue weighted by molar-refractivity contribution is 5.30. The fourth-order valence-electron chi connectivity index (χ4n) is 3.25. The van der Waals surface area contributed by atoms with E-state index in [0.717, 1.165) is 17.7 Å². The van der Waals surface area contributed by atoms with E-state index < -0.39 is 17.8 Å². The number of benzene rings is 2. The van der Waals surface area contributed by atoms with Gasteiger partial charge in [-0.05, 0) is 30.2 Å². The summed E-state index contributed by atoms with van der Waals surface area (Å²) in [5.41, 5.74) is 0.341. The lowest BCUT2D eigenvalue weighted by atomic mass is 10.1. The van der Waals surface area contributed by atoms with Gasteiger partial charge in [-0.25, -0.2) is 0 Å². The summed E-state index contributed by atoms with van der Waals surface area (Å²) in [5.74, 6) is 0.166. The Bertz CT molecular complexity index is 739. The van der Waals surface area contributed by atoms with Crippen LogP contribution >= 0.6 is 0 Å². The molecule has 2 aromatic rings. The van der Waals surface area contributed by atoms with Crippen molar-refractivity contribution in [1.82, 2.24) is 4.90 Å². The predicted octanol–water partition coefficient (Wildman–Crippen LogP) is 3.39. The van der Waals surface area contributed by atoms with Crippen molar-refractivity contribution in [2.24, 2.45) is 0 Å². The summed E-state index contributed by atoms with van der Waals surface area (Å²) in [7, 11) is 0. The predicted molar refractivity (Wildman–Crippen MR) is 99.3 cm³/mol. The molecule has 28 heavy (non-hydrogen) atoms. The Morgan fingerprint density at radius 1 is 1.14 bits per heavy atom. The van der Waals surface area contributed by atoms with E-state index in [1.54, 1.807) is 0 Å². The van der Waals surface area contributed by atoms with Crippen molar-refractivity contribution < 1.29 is 27.8 Å².